The fourth-order valence-electron chi connectivity index (χ4n) is 5.48. The zero-order valence-corrected chi connectivity index (χ0v) is 19.4. The van der Waals surface area contributed by atoms with Gasteiger partial charge in [0, 0.05) is 22.8 Å². The lowest BCUT2D eigenvalue weighted by Gasteiger charge is -2.34. The van der Waals surface area contributed by atoms with Gasteiger partial charge in [0.25, 0.3) is 5.91 Å². The molecule has 0 unspecified atom stereocenters. The number of hydrogen-bond acceptors (Lipinski definition) is 3. The summed E-state index contributed by atoms with van der Waals surface area (Å²) in [5.74, 6) is 0.243. The Balaban J connectivity index is 1.61. The zero-order chi connectivity index (χ0) is 21.8. The highest BCUT2D eigenvalue weighted by Crippen LogP contribution is 2.60. The first-order valence-corrected chi connectivity index (χ1v) is 12.1. The Morgan fingerprint density at radius 2 is 1.74 bits per heavy atom. The molecule has 0 radical (unpaired) electrons. The molecule has 1 saturated carbocycles. The van der Waals surface area contributed by atoms with Gasteiger partial charge in [0.1, 0.15) is 0 Å². The van der Waals surface area contributed by atoms with E-state index in [1.54, 1.807) is 11.8 Å². The van der Waals surface area contributed by atoms with Gasteiger partial charge in [0.2, 0.25) is 5.91 Å². The van der Waals surface area contributed by atoms with Crippen LogP contribution in [0.5, 0.6) is 0 Å². The number of aryl methyl sites for hydroxylation is 1. The second-order valence-corrected chi connectivity index (χ2v) is 11.6. The maximum atomic E-state index is 14.2. The van der Waals surface area contributed by atoms with Crippen LogP contribution in [0, 0.1) is 12.8 Å². The maximum Gasteiger partial charge on any atom is 0.268 e. The third-order valence-corrected chi connectivity index (χ3v) is 8.59. The molecule has 1 atom stereocenters. The number of carbonyl (C=O) groups is 2. The Hall–Kier alpha value is -2.27. The molecule has 31 heavy (non-hydrogen) atoms. The van der Waals surface area contributed by atoms with E-state index in [-0.39, 0.29) is 22.5 Å². The number of hydrogen-bond donors (Lipinski definition) is 0. The molecule has 2 aromatic carbocycles. The van der Waals surface area contributed by atoms with Crippen LogP contribution in [0.25, 0.3) is 0 Å². The lowest BCUT2D eigenvalue weighted by Crippen LogP contribution is -2.51. The molecule has 0 N–H and O–H groups in total. The fourth-order valence-corrected chi connectivity index (χ4v) is 7.22. The summed E-state index contributed by atoms with van der Waals surface area (Å²) in [6.07, 6.45) is 4.11. The van der Waals surface area contributed by atoms with Crippen molar-refractivity contribution in [2.24, 2.45) is 5.92 Å². The van der Waals surface area contributed by atoms with Gasteiger partial charge in [0.15, 0.2) is 4.87 Å². The van der Waals surface area contributed by atoms with E-state index in [1.165, 1.54) is 5.56 Å². The highest BCUT2D eigenvalue weighted by molar-refractivity contribution is 8.02. The SMILES string of the molecule is Cc1ccccc1CN1C(=O)[C@]2(SC(C)(C)CN2C(=O)C2CCCC2)c2ccccc21. The summed E-state index contributed by atoms with van der Waals surface area (Å²) in [4.78, 5) is 30.8. The van der Waals surface area contributed by atoms with Crippen molar-refractivity contribution in [2.75, 3.05) is 11.4 Å². The van der Waals surface area contributed by atoms with Crippen molar-refractivity contribution < 1.29 is 9.59 Å². The summed E-state index contributed by atoms with van der Waals surface area (Å²) in [7, 11) is 0. The van der Waals surface area contributed by atoms with Crippen molar-refractivity contribution in [3.8, 4) is 0 Å². The summed E-state index contributed by atoms with van der Waals surface area (Å²) < 4.78 is -0.185. The molecule has 2 aliphatic heterocycles. The van der Waals surface area contributed by atoms with E-state index in [4.69, 9.17) is 0 Å². The Morgan fingerprint density at radius 1 is 1.06 bits per heavy atom. The van der Waals surface area contributed by atoms with Crippen LogP contribution in [0.1, 0.15) is 56.2 Å². The quantitative estimate of drug-likeness (QED) is 0.663. The van der Waals surface area contributed by atoms with Gasteiger partial charge >= 0.3 is 0 Å². The molecule has 2 fully saturated rings. The fraction of sp³-hybridized carbons (Fsp3) is 0.462. The van der Waals surface area contributed by atoms with Crippen molar-refractivity contribution in [1.29, 1.82) is 0 Å². The van der Waals surface area contributed by atoms with Crippen LogP contribution in [-0.2, 0) is 21.0 Å². The lowest BCUT2D eigenvalue weighted by atomic mass is 10.00. The van der Waals surface area contributed by atoms with E-state index in [0.717, 1.165) is 42.5 Å². The van der Waals surface area contributed by atoms with Crippen molar-refractivity contribution >= 4 is 29.3 Å². The molecule has 2 heterocycles. The number of para-hydroxylation sites is 1. The minimum absolute atomic E-state index is 0.0267. The average molecular weight is 435 g/mol. The molecular weight excluding hydrogens is 404 g/mol. The Kier molecular flexibility index (Phi) is 4.93. The summed E-state index contributed by atoms with van der Waals surface area (Å²) >= 11 is 1.66. The highest BCUT2D eigenvalue weighted by atomic mass is 32.2. The first kappa shape index (κ1) is 20.6. The Bertz CT molecular complexity index is 1040. The molecule has 0 bridgehead atoms. The van der Waals surface area contributed by atoms with Crippen molar-refractivity contribution in [3.63, 3.8) is 0 Å². The number of amides is 2. The van der Waals surface area contributed by atoms with Gasteiger partial charge in [-0.3, -0.25) is 9.59 Å². The second kappa shape index (κ2) is 7.40. The standard InChI is InChI=1S/C26H30N2O2S/c1-18-10-4-5-13-20(18)16-27-22-15-9-8-14-21(22)26(24(27)30)28(17-25(2,3)31-26)23(29)19-11-6-7-12-19/h4-5,8-10,13-15,19H,6-7,11-12,16-17H2,1-3H3/t26-/m1/s1. The second-order valence-electron chi connectivity index (χ2n) is 9.75. The molecule has 3 aliphatic rings. The van der Waals surface area contributed by atoms with Gasteiger partial charge in [-0.1, -0.05) is 55.3 Å². The lowest BCUT2D eigenvalue weighted by molar-refractivity contribution is -0.143. The summed E-state index contributed by atoms with van der Waals surface area (Å²) in [6, 6.07) is 16.3. The summed E-state index contributed by atoms with van der Waals surface area (Å²) in [5.41, 5.74) is 4.21. The van der Waals surface area contributed by atoms with Gasteiger partial charge in [-0.2, -0.15) is 0 Å². The van der Waals surface area contributed by atoms with Crippen LogP contribution in [0.15, 0.2) is 48.5 Å². The average Bonchev–Trinajstić information content (AvgIpc) is 3.43. The largest absolute Gasteiger partial charge is 0.314 e. The minimum Gasteiger partial charge on any atom is -0.314 e. The normalized spacial score (nSPS) is 24.9. The van der Waals surface area contributed by atoms with Crippen LogP contribution in [0.2, 0.25) is 0 Å². The molecule has 162 valence electrons. The first-order valence-electron chi connectivity index (χ1n) is 11.3. The van der Waals surface area contributed by atoms with Crippen molar-refractivity contribution in [1.82, 2.24) is 4.90 Å². The number of thioether (sulfide) groups is 1. The van der Waals surface area contributed by atoms with E-state index in [9.17, 15) is 9.59 Å². The predicted octanol–water partition coefficient (Wildman–Crippen LogP) is 5.24. The van der Waals surface area contributed by atoms with E-state index in [0.29, 0.717) is 13.1 Å². The van der Waals surface area contributed by atoms with Gasteiger partial charge in [-0.25, -0.2) is 0 Å². The van der Waals surface area contributed by atoms with Crippen molar-refractivity contribution in [2.45, 2.75) is 62.6 Å². The number of rotatable bonds is 3. The van der Waals surface area contributed by atoms with Crippen LogP contribution in [0.3, 0.4) is 0 Å². The highest BCUT2D eigenvalue weighted by Gasteiger charge is 2.64. The van der Waals surface area contributed by atoms with Crippen LogP contribution in [0.4, 0.5) is 5.69 Å². The number of carbonyl (C=O) groups excluding carboxylic acids is 2. The molecule has 2 amide bonds. The zero-order valence-electron chi connectivity index (χ0n) is 18.6. The molecule has 1 saturated heterocycles. The Morgan fingerprint density at radius 3 is 2.48 bits per heavy atom. The van der Waals surface area contributed by atoms with Crippen LogP contribution in [-0.4, -0.2) is 28.0 Å². The monoisotopic (exact) mass is 434 g/mol. The molecule has 5 heteroatoms. The number of nitrogens with zero attached hydrogens (tertiary/aromatic N) is 2. The summed E-state index contributed by atoms with van der Waals surface area (Å²) in [5, 5.41) is 0. The van der Waals surface area contributed by atoms with Crippen LogP contribution >= 0.6 is 11.8 Å². The number of benzene rings is 2. The molecule has 2 aromatic rings. The number of fused-ring (bicyclic) bond motifs is 2. The van der Waals surface area contributed by atoms with E-state index >= 15 is 0 Å². The third kappa shape index (κ3) is 3.20. The Labute approximate surface area is 189 Å². The molecule has 5 rings (SSSR count). The van der Waals surface area contributed by atoms with Gasteiger partial charge in [-0.05, 0) is 50.8 Å². The molecule has 0 aromatic heterocycles. The van der Waals surface area contributed by atoms with Crippen molar-refractivity contribution in [3.05, 3.63) is 65.2 Å². The first-order chi connectivity index (χ1) is 14.8. The van der Waals surface area contributed by atoms with Gasteiger partial charge in [0.05, 0.1) is 12.2 Å². The van der Waals surface area contributed by atoms with E-state index < -0.39 is 4.87 Å². The van der Waals surface area contributed by atoms with E-state index in [2.05, 4.69) is 39.0 Å². The maximum absolute atomic E-state index is 14.2. The van der Waals surface area contributed by atoms with Gasteiger partial charge < -0.3 is 9.80 Å². The third-order valence-electron chi connectivity index (χ3n) is 7.00. The summed E-state index contributed by atoms with van der Waals surface area (Å²) in [6.45, 7) is 7.52. The number of anilines is 1. The molecule has 1 spiro atoms. The topological polar surface area (TPSA) is 40.6 Å². The minimum atomic E-state index is -0.956. The molecule has 4 nitrogen and oxygen atoms in total. The van der Waals surface area contributed by atoms with Gasteiger partial charge in [-0.15, -0.1) is 11.8 Å². The molecular formula is C26H30N2O2S. The molecule has 1 aliphatic carbocycles. The smallest absolute Gasteiger partial charge is 0.268 e. The predicted molar refractivity (Wildman–Crippen MR) is 126 cm³/mol. The van der Waals surface area contributed by atoms with E-state index in [1.807, 2.05) is 40.1 Å². The van der Waals surface area contributed by atoms with Crippen LogP contribution < -0.4 is 4.90 Å².